The van der Waals surface area contributed by atoms with E-state index in [1.54, 1.807) is 0 Å². The van der Waals surface area contributed by atoms with E-state index in [0.717, 1.165) is 18.2 Å². The monoisotopic (exact) mass is 244 g/mol. The number of halogens is 1. The summed E-state index contributed by atoms with van der Waals surface area (Å²) < 4.78 is 12.9. The maximum atomic E-state index is 12.9. The van der Waals surface area contributed by atoms with Crippen LogP contribution in [0.15, 0.2) is 18.2 Å². The summed E-state index contributed by atoms with van der Waals surface area (Å²) in [5.74, 6) is -0.560. The molecule has 0 saturated carbocycles. The van der Waals surface area contributed by atoms with Crippen LogP contribution in [0, 0.1) is 15.9 Å². The molecule has 1 atom stereocenters. The lowest BCUT2D eigenvalue weighted by Crippen LogP contribution is -2.29. The SMILES string of the molecule is O=[N+]([O-])c1ccc(F)cc1CNCC(O)CO. The molecular weight excluding hydrogens is 231 g/mol. The van der Waals surface area contributed by atoms with Crippen LogP contribution in [0.1, 0.15) is 5.56 Å². The second-order valence-corrected chi connectivity index (χ2v) is 3.50. The Morgan fingerprint density at radius 3 is 2.82 bits per heavy atom. The lowest BCUT2D eigenvalue weighted by atomic mass is 10.1. The zero-order valence-corrected chi connectivity index (χ0v) is 8.97. The van der Waals surface area contributed by atoms with Crippen molar-refractivity contribution < 1.29 is 19.5 Å². The first kappa shape index (κ1) is 13.5. The molecule has 0 amide bonds. The first-order valence-corrected chi connectivity index (χ1v) is 4.97. The molecule has 7 heteroatoms. The minimum atomic E-state index is -0.942. The molecule has 0 aliphatic carbocycles. The summed E-state index contributed by atoms with van der Waals surface area (Å²) in [6.45, 7) is -0.284. The van der Waals surface area contributed by atoms with Crippen molar-refractivity contribution in [1.29, 1.82) is 0 Å². The van der Waals surface area contributed by atoms with Gasteiger partial charge in [0.25, 0.3) is 5.69 Å². The first-order valence-electron chi connectivity index (χ1n) is 4.97. The van der Waals surface area contributed by atoms with Crippen molar-refractivity contribution in [3.63, 3.8) is 0 Å². The summed E-state index contributed by atoms with van der Waals surface area (Å²) in [5.41, 5.74) is 0.0116. The summed E-state index contributed by atoms with van der Waals surface area (Å²) in [6, 6.07) is 3.18. The van der Waals surface area contributed by atoms with E-state index >= 15 is 0 Å². The maximum Gasteiger partial charge on any atom is 0.274 e. The molecule has 0 heterocycles. The van der Waals surface area contributed by atoms with E-state index in [9.17, 15) is 14.5 Å². The van der Waals surface area contributed by atoms with Gasteiger partial charge in [-0.05, 0) is 12.1 Å². The molecule has 6 nitrogen and oxygen atoms in total. The summed E-state index contributed by atoms with van der Waals surface area (Å²) in [4.78, 5) is 10.1. The molecule has 1 rings (SSSR count). The Balaban J connectivity index is 2.68. The second kappa shape index (κ2) is 6.24. The lowest BCUT2D eigenvalue weighted by Gasteiger charge is -2.09. The molecule has 0 spiro atoms. The largest absolute Gasteiger partial charge is 0.394 e. The zero-order chi connectivity index (χ0) is 12.8. The van der Waals surface area contributed by atoms with Gasteiger partial charge in [0.15, 0.2) is 0 Å². The highest BCUT2D eigenvalue weighted by molar-refractivity contribution is 5.40. The van der Waals surface area contributed by atoms with Gasteiger partial charge < -0.3 is 15.5 Å². The van der Waals surface area contributed by atoms with Gasteiger partial charge in [-0.2, -0.15) is 0 Å². The summed E-state index contributed by atoms with van der Waals surface area (Å²) in [6.07, 6.45) is -0.942. The van der Waals surface area contributed by atoms with Crippen LogP contribution >= 0.6 is 0 Å². The van der Waals surface area contributed by atoms with Gasteiger partial charge >= 0.3 is 0 Å². The fourth-order valence-corrected chi connectivity index (χ4v) is 1.31. The van der Waals surface area contributed by atoms with Crippen molar-refractivity contribution in [2.75, 3.05) is 13.2 Å². The molecule has 1 aromatic carbocycles. The van der Waals surface area contributed by atoms with Crippen LogP contribution in [-0.2, 0) is 6.54 Å². The number of aliphatic hydroxyl groups excluding tert-OH is 2. The van der Waals surface area contributed by atoms with Crippen molar-refractivity contribution in [2.24, 2.45) is 0 Å². The fraction of sp³-hybridized carbons (Fsp3) is 0.400. The van der Waals surface area contributed by atoms with Gasteiger partial charge in [-0.15, -0.1) is 0 Å². The fourth-order valence-electron chi connectivity index (χ4n) is 1.31. The Morgan fingerprint density at radius 1 is 1.53 bits per heavy atom. The zero-order valence-electron chi connectivity index (χ0n) is 8.97. The number of rotatable bonds is 6. The van der Waals surface area contributed by atoms with Crippen molar-refractivity contribution in [2.45, 2.75) is 12.6 Å². The second-order valence-electron chi connectivity index (χ2n) is 3.50. The molecule has 1 unspecified atom stereocenters. The van der Waals surface area contributed by atoms with Gasteiger partial charge in [-0.1, -0.05) is 0 Å². The molecule has 17 heavy (non-hydrogen) atoms. The van der Waals surface area contributed by atoms with Crippen LogP contribution in [0.25, 0.3) is 0 Å². The lowest BCUT2D eigenvalue weighted by molar-refractivity contribution is -0.385. The highest BCUT2D eigenvalue weighted by Crippen LogP contribution is 2.19. The normalized spacial score (nSPS) is 12.4. The van der Waals surface area contributed by atoms with Gasteiger partial charge in [0.2, 0.25) is 0 Å². The number of nitro groups is 1. The van der Waals surface area contributed by atoms with E-state index in [2.05, 4.69) is 5.32 Å². The standard InChI is InChI=1S/C10H13FN2O4/c11-8-1-2-10(13(16)17)7(3-8)4-12-5-9(15)6-14/h1-3,9,12,14-15H,4-6H2. The predicted octanol–water partition coefficient (Wildman–Crippen LogP) is 0.177. The van der Waals surface area contributed by atoms with Crippen LogP contribution in [0.4, 0.5) is 10.1 Å². The van der Waals surface area contributed by atoms with Gasteiger partial charge in [-0.25, -0.2) is 4.39 Å². The molecule has 0 aliphatic heterocycles. The third-order valence-electron chi connectivity index (χ3n) is 2.14. The van der Waals surface area contributed by atoms with Crippen molar-refractivity contribution in [3.8, 4) is 0 Å². The van der Waals surface area contributed by atoms with Crippen LogP contribution in [0.2, 0.25) is 0 Å². The maximum absolute atomic E-state index is 12.9. The van der Waals surface area contributed by atoms with Crippen LogP contribution in [0.5, 0.6) is 0 Å². The summed E-state index contributed by atoms with van der Waals surface area (Å²) in [7, 11) is 0. The highest BCUT2D eigenvalue weighted by atomic mass is 19.1. The van der Waals surface area contributed by atoms with Crippen LogP contribution in [-0.4, -0.2) is 34.4 Å². The van der Waals surface area contributed by atoms with Crippen molar-refractivity contribution >= 4 is 5.69 Å². The topological polar surface area (TPSA) is 95.6 Å². The number of nitro benzene ring substituents is 1. The first-order chi connectivity index (χ1) is 8.04. The molecule has 0 aromatic heterocycles. The smallest absolute Gasteiger partial charge is 0.274 e. The Kier molecular flexibility index (Phi) is 4.95. The number of hydrogen-bond acceptors (Lipinski definition) is 5. The van der Waals surface area contributed by atoms with Crippen molar-refractivity contribution in [1.82, 2.24) is 5.32 Å². The average Bonchev–Trinajstić information content (AvgIpc) is 2.28. The van der Waals surface area contributed by atoms with E-state index in [0.29, 0.717) is 0 Å². The average molecular weight is 244 g/mol. The Labute approximate surface area is 96.8 Å². The highest BCUT2D eigenvalue weighted by Gasteiger charge is 2.14. The molecule has 0 saturated heterocycles. The number of aliphatic hydroxyl groups is 2. The van der Waals surface area contributed by atoms with Gasteiger partial charge in [0.1, 0.15) is 5.82 Å². The van der Waals surface area contributed by atoms with Gasteiger partial charge in [0, 0.05) is 24.7 Å². The van der Waals surface area contributed by atoms with E-state index in [1.807, 2.05) is 0 Å². The molecule has 94 valence electrons. The predicted molar refractivity (Wildman–Crippen MR) is 57.9 cm³/mol. The van der Waals surface area contributed by atoms with Crippen LogP contribution in [0.3, 0.4) is 0 Å². The third kappa shape index (κ3) is 4.06. The third-order valence-corrected chi connectivity index (χ3v) is 2.14. The minimum Gasteiger partial charge on any atom is -0.394 e. The number of nitrogens with zero attached hydrogens (tertiary/aromatic N) is 1. The van der Waals surface area contributed by atoms with E-state index in [-0.39, 0.29) is 24.3 Å². The molecule has 0 fully saturated rings. The molecule has 0 radical (unpaired) electrons. The van der Waals surface area contributed by atoms with E-state index in [1.165, 1.54) is 0 Å². The minimum absolute atomic E-state index is 0.0468. The molecular formula is C10H13FN2O4. The Bertz CT molecular complexity index is 400. The number of benzene rings is 1. The van der Waals surface area contributed by atoms with Gasteiger partial charge in [0.05, 0.1) is 17.6 Å². The molecule has 1 aromatic rings. The van der Waals surface area contributed by atoms with Crippen molar-refractivity contribution in [3.05, 3.63) is 39.7 Å². The number of nitrogens with one attached hydrogen (secondary N) is 1. The molecule has 3 N–H and O–H groups in total. The van der Waals surface area contributed by atoms with Gasteiger partial charge in [-0.3, -0.25) is 10.1 Å². The molecule has 0 bridgehead atoms. The summed E-state index contributed by atoms with van der Waals surface area (Å²) >= 11 is 0. The Hall–Kier alpha value is -1.57. The van der Waals surface area contributed by atoms with E-state index < -0.39 is 23.5 Å². The summed E-state index contributed by atoms with van der Waals surface area (Å²) in [5, 5.41) is 31.0. The molecule has 0 aliphatic rings. The Morgan fingerprint density at radius 2 is 2.24 bits per heavy atom. The van der Waals surface area contributed by atoms with Crippen LogP contribution < -0.4 is 5.32 Å². The van der Waals surface area contributed by atoms with E-state index in [4.69, 9.17) is 10.2 Å². The number of hydrogen-bond donors (Lipinski definition) is 3. The quantitative estimate of drug-likeness (QED) is 0.490.